The van der Waals surface area contributed by atoms with Gasteiger partial charge < -0.3 is 10.0 Å². The van der Waals surface area contributed by atoms with Gasteiger partial charge in [0.15, 0.2) is 5.82 Å². The molecule has 0 aromatic carbocycles. The van der Waals surface area contributed by atoms with Gasteiger partial charge in [0.25, 0.3) is 5.78 Å². The molecule has 1 amide bonds. The van der Waals surface area contributed by atoms with Crippen LogP contribution < -0.4 is 0 Å². The van der Waals surface area contributed by atoms with Gasteiger partial charge in [0.1, 0.15) is 0 Å². The highest BCUT2D eigenvalue weighted by Gasteiger charge is 2.24. The lowest BCUT2D eigenvalue weighted by Gasteiger charge is -2.31. The van der Waals surface area contributed by atoms with Crippen molar-refractivity contribution < 1.29 is 9.90 Å². The fourth-order valence-corrected chi connectivity index (χ4v) is 2.97. The lowest BCUT2D eigenvalue weighted by Crippen LogP contribution is -2.41. The van der Waals surface area contributed by atoms with E-state index >= 15 is 0 Å². The van der Waals surface area contributed by atoms with E-state index in [-0.39, 0.29) is 24.9 Å². The van der Waals surface area contributed by atoms with Crippen LogP contribution in [0.5, 0.6) is 0 Å². The van der Waals surface area contributed by atoms with Crippen LogP contribution in [0.2, 0.25) is 0 Å². The molecular formula is C15H21N5O2. The number of rotatable bonds is 3. The molecule has 1 N–H and O–H groups in total. The van der Waals surface area contributed by atoms with Gasteiger partial charge in [0, 0.05) is 31.1 Å². The zero-order valence-corrected chi connectivity index (χ0v) is 13.0. The highest BCUT2D eigenvalue weighted by Crippen LogP contribution is 2.16. The van der Waals surface area contributed by atoms with Gasteiger partial charge in [-0.3, -0.25) is 4.79 Å². The average Bonchev–Trinajstić information content (AvgIpc) is 2.90. The molecule has 1 unspecified atom stereocenters. The highest BCUT2D eigenvalue weighted by atomic mass is 16.3. The summed E-state index contributed by atoms with van der Waals surface area (Å²) < 4.78 is 1.67. The standard InChI is InChI=1S/C15H21N5O2/c1-10-6-11(2)20-15(16-10)17-13(18-20)7-14(22)19-5-3-4-12(8-19)9-21/h6,12,21H,3-5,7-9H2,1-2H3. The summed E-state index contributed by atoms with van der Waals surface area (Å²) in [6.45, 7) is 5.37. The van der Waals surface area contributed by atoms with Gasteiger partial charge in [-0.05, 0) is 38.7 Å². The van der Waals surface area contributed by atoms with E-state index in [4.69, 9.17) is 0 Å². The van der Waals surface area contributed by atoms with E-state index in [0.717, 1.165) is 30.8 Å². The Balaban J connectivity index is 1.75. The predicted octanol–water partition coefficient (Wildman–Crippen LogP) is 0.515. The molecule has 1 saturated heterocycles. The number of likely N-dealkylation sites (tertiary alicyclic amines) is 1. The van der Waals surface area contributed by atoms with E-state index in [1.54, 1.807) is 4.52 Å². The van der Waals surface area contributed by atoms with Crippen molar-refractivity contribution in [2.45, 2.75) is 33.1 Å². The fraction of sp³-hybridized carbons (Fsp3) is 0.600. The molecule has 22 heavy (non-hydrogen) atoms. The smallest absolute Gasteiger partial charge is 0.252 e. The molecular weight excluding hydrogens is 282 g/mol. The number of hydrogen-bond donors (Lipinski definition) is 1. The van der Waals surface area contributed by atoms with Crippen molar-refractivity contribution in [2.75, 3.05) is 19.7 Å². The molecule has 7 heteroatoms. The lowest BCUT2D eigenvalue weighted by atomic mass is 9.99. The lowest BCUT2D eigenvalue weighted by molar-refractivity contribution is -0.132. The van der Waals surface area contributed by atoms with Crippen LogP contribution in [-0.4, -0.2) is 55.2 Å². The largest absolute Gasteiger partial charge is 0.396 e. The third-order valence-electron chi connectivity index (χ3n) is 4.10. The van der Waals surface area contributed by atoms with Crippen LogP contribution in [0.15, 0.2) is 6.07 Å². The molecule has 1 atom stereocenters. The molecule has 2 aromatic heterocycles. The van der Waals surface area contributed by atoms with Crippen LogP contribution in [0, 0.1) is 19.8 Å². The first-order chi connectivity index (χ1) is 10.6. The molecule has 0 radical (unpaired) electrons. The molecule has 1 fully saturated rings. The molecule has 1 aliphatic heterocycles. The molecule has 3 heterocycles. The second-order valence-electron chi connectivity index (χ2n) is 5.99. The summed E-state index contributed by atoms with van der Waals surface area (Å²) in [4.78, 5) is 22.9. The first kappa shape index (κ1) is 14.9. The zero-order chi connectivity index (χ0) is 15.7. The minimum atomic E-state index is 0.0171. The van der Waals surface area contributed by atoms with Gasteiger partial charge in [-0.2, -0.15) is 4.98 Å². The quantitative estimate of drug-likeness (QED) is 0.893. The van der Waals surface area contributed by atoms with E-state index in [1.807, 2.05) is 24.8 Å². The van der Waals surface area contributed by atoms with E-state index in [9.17, 15) is 9.90 Å². The predicted molar refractivity (Wildman–Crippen MR) is 80.3 cm³/mol. The van der Waals surface area contributed by atoms with Crippen LogP contribution in [0.25, 0.3) is 5.78 Å². The number of aliphatic hydroxyl groups excluding tert-OH is 1. The maximum Gasteiger partial charge on any atom is 0.252 e. The monoisotopic (exact) mass is 303 g/mol. The van der Waals surface area contributed by atoms with Crippen molar-refractivity contribution >= 4 is 11.7 Å². The van der Waals surface area contributed by atoms with E-state index in [1.165, 1.54) is 0 Å². The molecule has 2 aromatic rings. The first-order valence-electron chi connectivity index (χ1n) is 7.65. The van der Waals surface area contributed by atoms with Crippen LogP contribution in [0.4, 0.5) is 0 Å². The Morgan fingerprint density at radius 2 is 2.23 bits per heavy atom. The topological polar surface area (TPSA) is 83.6 Å². The van der Waals surface area contributed by atoms with Crippen LogP contribution in [0.1, 0.15) is 30.1 Å². The first-order valence-corrected chi connectivity index (χ1v) is 7.65. The molecule has 0 saturated carbocycles. The SMILES string of the molecule is Cc1cc(C)n2nc(CC(=O)N3CCCC(CO)C3)nc2n1. The van der Waals surface area contributed by atoms with E-state index < -0.39 is 0 Å². The number of hydrogen-bond acceptors (Lipinski definition) is 5. The molecule has 0 bridgehead atoms. The number of carbonyl (C=O) groups is 1. The van der Waals surface area contributed by atoms with E-state index in [2.05, 4.69) is 15.1 Å². The summed E-state index contributed by atoms with van der Waals surface area (Å²) in [6.07, 6.45) is 2.10. The summed E-state index contributed by atoms with van der Waals surface area (Å²) in [5.41, 5.74) is 1.84. The fourth-order valence-electron chi connectivity index (χ4n) is 2.97. The number of nitrogens with zero attached hydrogens (tertiary/aromatic N) is 5. The average molecular weight is 303 g/mol. The summed E-state index contributed by atoms with van der Waals surface area (Å²) in [5, 5.41) is 13.6. The third-order valence-corrected chi connectivity index (χ3v) is 4.10. The van der Waals surface area contributed by atoms with Crippen molar-refractivity contribution in [1.82, 2.24) is 24.5 Å². The minimum Gasteiger partial charge on any atom is -0.396 e. The summed E-state index contributed by atoms with van der Waals surface area (Å²) >= 11 is 0. The van der Waals surface area contributed by atoms with Gasteiger partial charge in [-0.25, -0.2) is 9.50 Å². The number of fused-ring (bicyclic) bond motifs is 1. The summed E-state index contributed by atoms with van der Waals surface area (Å²) in [5.74, 6) is 1.24. The Morgan fingerprint density at radius 1 is 1.41 bits per heavy atom. The van der Waals surface area contributed by atoms with Crippen LogP contribution in [-0.2, 0) is 11.2 Å². The Labute approximate surface area is 129 Å². The van der Waals surface area contributed by atoms with Gasteiger partial charge in [-0.1, -0.05) is 0 Å². The van der Waals surface area contributed by atoms with Crippen molar-refractivity contribution in [3.8, 4) is 0 Å². The molecule has 0 aliphatic carbocycles. The summed E-state index contributed by atoms with van der Waals surface area (Å²) in [7, 11) is 0. The van der Waals surface area contributed by atoms with Crippen molar-refractivity contribution in [3.63, 3.8) is 0 Å². The van der Waals surface area contributed by atoms with Gasteiger partial charge in [-0.15, -0.1) is 5.10 Å². The highest BCUT2D eigenvalue weighted by molar-refractivity contribution is 5.78. The Hall–Kier alpha value is -2.02. The van der Waals surface area contributed by atoms with Crippen molar-refractivity contribution in [2.24, 2.45) is 5.92 Å². The maximum atomic E-state index is 12.4. The second kappa shape index (κ2) is 6.00. The maximum absolute atomic E-state index is 12.4. The third kappa shape index (κ3) is 2.94. The molecule has 3 rings (SSSR count). The van der Waals surface area contributed by atoms with Crippen LogP contribution >= 0.6 is 0 Å². The minimum absolute atomic E-state index is 0.0171. The van der Waals surface area contributed by atoms with Crippen molar-refractivity contribution in [3.05, 3.63) is 23.3 Å². The van der Waals surface area contributed by atoms with E-state index in [0.29, 0.717) is 18.1 Å². The molecule has 7 nitrogen and oxygen atoms in total. The Morgan fingerprint density at radius 3 is 3.00 bits per heavy atom. The van der Waals surface area contributed by atoms with Crippen molar-refractivity contribution in [1.29, 1.82) is 0 Å². The number of carbonyl (C=O) groups excluding carboxylic acids is 1. The Bertz CT molecular complexity index is 697. The molecule has 118 valence electrons. The molecule has 1 aliphatic rings. The molecule has 0 spiro atoms. The normalized spacial score (nSPS) is 18.9. The zero-order valence-electron chi connectivity index (χ0n) is 13.0. The number of aliphatic hydroxyl groups is 1. The Kier molecular flexibility index (Phi) is 4.06. The van der Waals surface area contributed by atoms with Gasteiger partial charge >= 0.3 is 0 Å². The number of piperidine rings is 1. The second-order valence-corrected chi connectivity index (χ2v) is 5.99. The number of aromatic nitrogens is 4. The van der Waals surface area contributed by atoms with Crippen LogP contribution in [0.3, 0.4) is 0 Å². The number of amides is 1. The van der Waals surface area contributed by atoms with Gasteiger partial charge in [0.2, 0.25) is 5.91 Å². The van der Waals surface area contributed by atoms with Gasteiger partial charge in [0.05, 0.1) is 6.42 Å². The number of aryl methyl sites for hydroxylation is 2. The summed E-state index contributed by atoms with van der Waals surface area (Å²) in [6, 6.07) is 1.93.